The Balaban J connectivity index is 1.81. The number of hydrogen-bond donors (Lipinski definition) is 2. The van der Waals surface area contributed by atoms with Gasteiger partial charge in [0.25, 0.3) is 18.2 Å². The number of hydrogen-bond acceptors (Lipinski definition) is 3. The van der Waals surface area contributed by atoms with Gasteiger partial charge in [0.15, 0.2) is 0 Å². The molecule has 17 heteroatoms. The van der Waals surface area contributed by atoms with Crippen molar-refractivity contribution in [3.8, 4) is 0 Å². The maximum Gasteiger partial charge on any atom is 0.416 e. The number of benzene rings is 3. The first-order chi connectivity index (χ1) is 20.1. The van der Waals surface area contributed by atoms with E-state index in [0.29, 0.717) is 12.1 Å². The quantitative estimate of drug-likeness (QED) is 0.237. The Kier molecular flexibility index (Phi) is 7.44. The minimum Gasteiger partial charge on any atom is -0.341 e. The number of carbonyl (C=O) groups excluding carboxylic acids is 2. The highest BCUT2D eigenvalue weighted by atomic mass is 35.5. The zero-order valence-corrected chi connectivity index (χ0v) is 21.6. The van der Waals surface area contributed by atoms with Crippen LogP contribution in [0.25, 0.3) is 11.0 Å². The van der Waals surface area contributed by atoms with E-state index in [4.69, 9.17) is 11.6 Å². The molecule has 5 rings (SSSR count). The molecule has 43 heavy (non-hydrogen) atoms. The van der Waals surface area contributed by atoms with Crippen molar-refractivity contribution in [1.82, 2.24) is 14.5 Å². The molecule has 0 aliphatic carbocycles. The summed E-state index contributed by atoms with van der Waals surface area (Å²) in [6.07, 6.45) is -8.31. The van der Waals surface area contributed by atoms with Gasteiger partial charge in [0, 0.05) is 27.4 Å². The number of alkyl halides is 7. The first kappa shape index (κ1) is 30.0. The molecule has 2 N–H and O–H groups in total. The summed E-state index contributed by atoms with van der Waals surface area (Å²) in [5, 5.41) is 4.35. The number of imidazole rings is 1. The molecule has 0 saturated carbocycles. The number of rotatable bonds is 6. The van der Waals surface area contributed by atoms with Crippen LogP contribution in [0.3, 0.4) is 0 Å². The lowest BCUT2D eigenvalue weighted by atomic mass is 9.95. The monoisotopic (exact) mass is 636 g/mol. The Morgan fingerprint density at radius 1 is 1.00 bits per heavy atom. The molecular formula is C26H14ClF9N4O3. The van der Waals surface area contributed by atoms with Crippen molar-refractivity contribution in [2.75, 3.05) is 5.32 Å². The first-order valence-corrected chi connectivity index (χ1v) is 12.3. The van der Waals surface area contributed by atoms with Gasteiger partial charge in [0.1, 0.15) is 11.6 Å². The van der Waals surface area contributed by atoms with Crippen molar-refractivity contribution in [2.45, 2.75) is 31.7 Å². The lowest BCUT2D eigenvalue weighted by Crippen LogP contribution is -2.27. The highest BCUT2D eigenvalue weighted by molar-refractivity contribution is 6.31. The fourth-order valence-electron chi connectivity index (χ4n) is 4.90. The number of anilines is 1. The topological polar surface area (TPSA) is 85.1 Å². The van der Waals surface area contributed by atoms with Crippen molar-refractivity contribution >= 4 is 40.1 Å². The normalized spacial score (nSPS) is 15.0. The maximum atomic E-state index is 14.2. The van der Waals surface area contributed by atoms with Gasteiger partial charge in [0.05, 0.1) is 34.7 Å². The van der Waals surface area contributed by atoms with E-state index in [0.717, 1.165) is 24.3 Å². The van der Waals surface area contributed by atoms with E-state index in [-0.39, 0.29) is 25.8 Å². The molecule has 0 unspecified atom stereocenters. The number of nitrogens with one attached hydrogen (secondary N) is 2. The largest absolute Gasteiger partial charge is 0.416 e. The molecule has 0 fully saturated rings. The fourth-order valence-corrected chi connectivity index (χ4v) is 5.13. The van der Waals surface area contributed by atoms with Gasteiger partial charge in [-0.15, -0.1) is 0 Å². The maximum absolute atomic E-state index is 14.2. The number of aromatic nitrogens is 2. The van der Waals surface area contributed by atoms with Gasteiger partial charge in [-0.3, -0.25) is 14.2 Å². The zero-order chi connectivity index (χ0) is 31.5. The Morgan fingerprint density at radius 2 is 1.70 bits per heavy atom. The standard InChI is InChI=1S/C26H14ClF9N4O3/c27-14-2-1-11(28)6-13(14)20-18-15(37-22(41)9-3-10(26(34,35)36)5-12(29)4-9)7-16-21(19(18)23(42)38-20)40(24(32)33)25(43)39(16)8-17(30)31/h1-7,17,20,24H,8H2,(H,37,41)(H,38,42)/t20-/m0/s1. The predicted octanol–water partition coefficient (Wildman–Crippen LogP) is 6.50. The molecule has 4 aromatic rings. The molecule has 7 nitrogen and oxygen atoms in total. The smallest absolute Gasteiger partial charge is 0.341 e. The average molecular weight is 637 g/mol. The first-order valence-electron chi connectivity index (χ1n) is 11.9. The van der Waals surface area contributed by atoms with Crippen molar-refractivity contribution < 1.29 is 49.1 Å². The Hall–Kier alpha value is -4.47. The van der Waals surface area contributed by atoms with E-state index in [1.165, 1.54) is 0 Å². The molecule has 3 aromatic carbocycles. The number of halogens is 10. The molecule has 2 heterocycles. The summed E-state index contributed by atoms with van der Waals surface area (Å²) >= 11 is 6.19. The minimum atomic E-state index is -5.06. The van der Waals surface area contributed by atoms with Gasteiger partial charge in [-0.25, -0.2) is 26.9 Å². The molecule has 1 aliphatic rings. The second-order valence-electron chi connectivity index (χ2n) is 9.27. The second-order valence-corrected chi connectivity index (χ2v) is 9.67. The summed E-state index contributed by atoms with van der Waals surface area (Å²) in [5.74, 6) is -4.86. The number of amides is 2. The second kappa shape index (κ2) is 10.7. The molecule has 0 saturated heterocycles. The van der Waals surface area contributed by atoms with Gasteiger partial charge in [-0.2, -0.15) is 22.0 Å². The lowest BCUT2D eigenvalue weighted by molar-refractivity contribution is -0.137. The van der Waals surface area contributed by atoms with E-state index in [1.54, 1.807) is 0 Å². The third kappa shape index (κ3) is 5.30. The highest BCUT2D eigenvalue weighted by Crippen LogP contribution is 2.43. The van der Waals surface area contributed by atoms with Gasteiger partial charge in [-0.05, 0) is 42.5 Å². The minimum absolute atomic E-state index is 0.126. The molecule has 226 valence electrons. The van der Waals surface area contributed by atoms with Crippen LogP contribution in [0.4, 0.5) is 45.2 Å². The van der Waals surface area contributed by atoms with Crippen LogP contribution >= 0.6 is 11.6 Å². The van der Waals surface area contributed by atoms with E-state index in [2.05, 4.69) is 10.6 Å². The van der Waals surface area contributed by atoms with Crippen LogP contribution in [0.2, 0.25) is 5.02 Å². The van der Waals surface area contributed by atoms with E-state index < -0.39 is 99.9 Å². The number of fused-ring (bicyclic) bond motifs is 3. The summed E-state index contributed by atoms with van der Waals surface area (Å²) in [7, 11) is 0. The van der Waals surface area contributed by atoms with Crippen LogP contribution in [0.5, 0.6) is 0 Å². The van der Waals surface area contributed by atoms with Crippen molar-refractivity contribution in [2.24, 2.45) is 0 Å². The van der Waals surface area contributed by atoms with Crippen LogP contribution < -0.4 is 16.3 Å². The summed E-state index contributed by atoms with van der Waals surface area (Å²) in [5.41, 5.74) is -7.32. The van der Waals surface area contributed by atoms with Crippen LogP contribution in [-0.2, 0) is 12.7 Å². The molecule has 0 radical (unpaired) electrons. The van der Waals surface area contributed by atoms with E-state index in [9.17, 15) is 53.9 Å². The van der Waals surface area contributed by atoms with Gasteiger partial charge < -0.3 is 10.6 Å². The summed E-state index contributed by atoms with van der Waals surface area (Å²) in [4.78, 5) is 39.2. The molecule has 1 atom stereocenters. The Labute approximate surface area is 238 Å². The summed E-state index contributed by atoms with van der Waals surface area (Å²) in [6, 6.07) is 3.07. The molecule has 1 aliphatic heterocycles. The fraction of sp³-hybridized carbons (Fsp3) is 0.192. The Morgan fingerprint density at radius 3 is 2.33 bits per heavy atom. The zero-order valence-electron chi connectivity index (χ0n) is 20.9. The molecule has 2 amide bonds. The van der Waals surface area contributed by atoms with Crippen LogP contribution in [0.1, 0.15) is 50.0 Å². The van der Waals surface area contributed by atoms with Gasteiger partial charge >= 0.3 is 18.4 Å². The van der Waals surface area contributed by atoms with Gasteiger partial charge in [-0.1, -0.05) is 11.6 Å². The van der Waals surface area contributed by atoms with Crippen molar-refractivity contribution in [1.29, 1.82) is 0 Å². The molecule has 1 aromatic heterocycles. The van der Waals surface area contributed by atoms with Crippen molar-refractivity contribution in [3.05, 3.63) is 97.4 Å². The Bertz CT molecular complexity index is 1870. The predicted molar refractivity (Wildman–Crippen MR) is 134 cm³/mol. The van der Waals surface area contributed by atoms with Crippen LogP contribution in [0, 0.1) is 11.6 Å². The molecular weight excluding hydrogens is 623 g/mol. The summed E-state index contributed by atoms with van der Waals surface area (Å²) < 4.78 is 123. The van der Waals surface area contributed by atoms with Crippen LogP contribution in [-0.4, -0.2) is 27.4 Å². The summed E-state index contributed by atoms with van der Waals surface area (Å²) in [6.45, 7) is -5.06. The van der Waals surface area contributed by atoms with E-state index in [1.807, 2.05) is 0 Å². The third-order valence-corrected chi connectivity index (χ3v) is 6.94. The van der Waals surface area contributed by atoms with Crippen LogP contribution in [0.15, 0.2) is 47.3 Å². The number of carbonyl (C=O) groups is 2. The highest BCUT2D eigenvalue weighted by Gasteiger charge is 2.40. The molecule has 0 spiro atoms. The third-order valence-electron chi connectivity index (χ3n) is 6.60. The van der Waals surface area contributed by atoms with E-state index >= 15 is 0 Å². The average Bonchev–Trinajstić information content (AvgIpc) is 3.38. The van der Waals surface area contributed by atoms with Gasteiger partial charge in [0.2, 0.25) is 0 Å². The van der Waals surface area contributed by atoms with Crippen molar-refractivity contribution in [3.63, 3.8) is 0 Å². The number of nitrogens with zero attached hydrogens (tertiary/aromatic N) is 2. The molecule has 0 bridgehead atoms. The SMILES string of the molecule is O=C(Nc1cc2c(c3c1[C@H](c1cc(F)ccc1Cl)NC3=O)n(C(F)F)c(=O)n2CC(F)F)c1cc(F)cc(C(F)(F)F)c1. The lowest BCUT2D eigenvalue weighted by Gasteiger charge is -2.19.